The molecule has 1 amide bonds. The molecule has 8 heteroatoms. The van der Waals surface area contributed by atoms with Crippen LogP contribution in [0.4, 0.5) is 18.9 Å². The number of halogens is 3. The van der Waals surface area contributed by atoms with Crippen molar-refractivity contribution >= 4 is 22.5 Å². The van der Waals surface area contributed by atoms with Gasteiger partial charge in [-0.25, -0.2) is 0 Å². The Labute approximate surface area is 167 Å². The fourth-order valence-corrected chi connectivity index (χ4v) is 4.50. The van der Waals surface area contributed by atoms with Gasteiger partial charge in [-0.15, -0.1) is 0 Å². The van der Waals surface area contributed by atoms with Gasteiger partial charge in [0, 0.05) is 55.4 Å². The first-order valence-corrected chi connectivity index (χ1v) is 10.0. The number of fused-ring (bicyclic) bond motifs is 1. The first kappa shape index (κ1) is 19.9. The molecule has 5 nitrogen and oxygen atoms in total. The lowest BCUT2D eigenvalue weighted by Crippen LogP contribution is -2.51. The van der Waals surface area contributed by atoms with Crippen LogP contribution in [0.25, 0.3) is 10.9 Å². The predicted octanol–water partition coefficient (Wildman–Crippen LogP) is 3.34. The van der Waals surface area contributed by atoms with Gasteiger partial charge in [0.1, 0.15) is 0 Å². The first-order valence-electron chi connectivity index (χ1n) is 10.0. The van der Waals surface area contributed by atoms with Crippen molar-refractivity contribution in [2.75, 3.05) is 24.5 Å². The van der Waals surface area contributed by atoms with Crippen LogP contribution < -0.4 is 15.5 Å². The summed E-state index contributed by atoms with van der Waals surface area (Å²) in [6.07, 6.45) is -0.623. The van der Waals surface area contributed by atoms with E-state index in [1.54, 1.807) is 18.2 Å². The molecule has 1 aromatic heterocycles. The molecule has 2 fully saturated rings. The maximum Gasteiger partial charge on any atom is 0.418 e. The highest BCUT2D eigenvalue weighted by atomic mass is 19.4. The number of pyridine rings is 1. The largest absolute Gasteiger partial charge is 0.418 e. The van der Waals surface area contributed by atoms with Crippen molar-refractivity contribution in [1.82, 2.24) is 15.6 Å². The standard InChI is InChI=1S/C21H25F3N4O/c1-13-9-15(26-10-14-4-7-19(29)27-14)12-28(11-13)18-6-5-17(21(22,23)24)20-16(18)3-2-8-25-20/h2-3,5-6,8,13-15,26H,4,7,9-12H2,1H3,(H,27,29)/t13-,14?,15+/m0/s1. The van der Waals surface area contributed by atoms with Gasteiger partial charge >= 0.3 is 6.18 Å². The molecule has 3 heterocycles. The van der Waals surface area contributed by atoms with E-state index in [2.05, 4.69) is 27.4 Å². The number of nitrogens with zero attached hydrogens (tertiary/aromatic N) is 2. The Balaban J connectivity index is 1.55. The number of hydrogen-bond acceptors (Lipinski definition) is 4. The molecule has 1 unspecified atom stereocenters. The molecule has 29 heavy (non-hydrogen) atoms. The Morgan fingerprint density at radius 3 is 2.83 bits per heavy atom. The third-order valence-corrected chi connectivity index (χ3v) is 5.79. The van der Waals surface area contributed by atoms with Crippen molar-refractivity contribution in [3.63, 3.8) is 0 Å². The van der Waals surface area contributed by atoms with Crippen molar-refractivity contribution in [3.8, 4) is 0 Å². The summed E-state index contributed by atoms with van der Waals surface area (Å²) in [4.78, 5) is 17.6. The minimum absolute atomic E-state index is 0.00564. The summed E-state index contributed by atoms with van der Waals surface area (Å²) in [5.41, 5.74) is 0.0797. The number of nitrogens with one attached hydrogen (secondary N) is 2. The summed E-state index contributed by atoms with van der Waals surface area (Å²) in [5.74, 6) is 0.493. The summed E-state index contributed by atoms with van der Waals surface area (Å²) < 4.78 is 40.2. The van der Waals surface area contributed by atoms with Crippen LogP contribution in [0.2, 0.25) is 0 Å². The fourth-order valence-electron chi connectivity index (χ4n) is 4.50. The van der Waals surface area contributed by atoms with Crippen LogP contribution in [-0.2, 0) is 11.0 Å². The molecule has 0 radical (unpaired) electrons. The highest BCUT2D eigenvalue weighted by Gasteiger charge is 2.35. The van der Waals surface area contributed by atoms with Gasteiger partial charge in [0.05, 0.1) is 11.1 Å². The van der Waals surface area contributed by atoms with Crippen LogP contribution >= 0.6 is 0 Å². The molecule has 1 aromatic carbocycles. The second-order valence-electron chi connectivity index (χ2n) is 8.18. The number of benzene rings is 1. The van der Waals surface area contributed by atoms with E-state index in [1.165, 1.54) is 6.20 Å². The van der Waals surface area contributed by atoms with Gasteiger partial charge in [-0.3, -0.25) is 9.78 Å². The molecule has 2 N–H and O–H groups in total. The molecule has 2 aromatic rings. The van der Waals surface area contributed by atoms with Gasteiger partial charge in [-0.05, 0) is 43.0 Å². The molecule has 0 saturated carbocycles. The Morgan fingerprint density at radius 2 is 2.10 bits per heavy atom. The van der Waals surface area contributed by atoms with Crippen LogP contribution in [0.15, 0.2) is 30.5 Å². The fraction of sp³-hybridized carbons (Fsp3) is 0.524. The molecule has 0 bridgehead atoms. The van der Waals surface area contributed by atoms with E-state index in [0.29, 0.717) is 30.8 Å². The van der Waals surface area contributed by atoms with Crippen molar-refractivity contribution in [2.45, 2.75) is 44.4 Å². The number of anilines is 1. The lowest BCUT2D eigenvalue weighted by atomic mass is 9.94. The van der Waals surface area contributed by atoms with Crippen LogP contribution in [0, 0.1) is 5.92 Å². The van der Waals surface area contributed by atoms with Crippen LogP contribution in [-0.4, -0.2) is 42.6 Å². The number of hydrogen-bond donors (Lipinski definition) is 2. The molecule has 0 aliphatic carbocycles. The quantitative estimate of drug-likeness (QED) is 0.818. The number of carbonyl (C=O) groups excluding carboxylic acids is 1. The molecule has 2 saturated heterocycles. The van der Waals surface area contributed by atoms with Gasteiger partial charge in [-0.1, -0.05) is 6.92 Å². The maximum atomic E-state index is 13.4. The molecular formula is C21H25F3N4O. The minimum Gasteiger partial charge on any atom is -0.369 e. The zero-order chi connectivity index (χ0) is 20.6. The van der Waals surface area contributed by atoms with Gasteiger partial charge in [-0.2, -0.15) is 13.2 Å². The first-order chi connectivity index (χ1) is 13.8. The van der Waals surface area contributed by atoms with E-state index in [1.807, 2.05) is 0 Å². The molecule has 2 aliphatic rings. The number of aromatic nitrogens is 1. The van der Waals surface area contributed by atoms with Gasteiger partial charge in [0.25, 0.3) is 0 Å². The molecule has 2 aliphatic heterocycles. The average molecular weight is 406 g/mol. The molecule has 3 atom stereocenters. The normalized spacial score (nSPS) is 25.4. The van der Waals surface area contributed by atoms with Crippen molar-refractivity contribution in [2.24, 2.45) is 5.92 Å². The maximum absolute atomic E-state index is 13.4. The second-order valence-corrected chi connectivity index (χ2v) is 8.18. The van der Waals surface area contributed by atoms with Crippen LogP contribution in [0.3, 0.4) is 0 Å². The van der Waals surface area contributed by atoms with Gasteiger partial charge in [0.2, 0.25) is 5.91 Å². The third kappa shape index (κ3) is 4.32. The predicted molar refractivity (Wildman–Crippen MR) is 106 cm³/mol. The Morgan fingerprint density at radius 1 is 1.28 bits per heavy atom. The third-order valence-electron chi connectivity index (χ3n) is 5.79. The zero-order valence-corrected chi connectivity index (χ0v) is 16.3. The van der Waals surface area contributed by atoms with Gasteiger partial charge < -0.3 is 15.5 Å². The van der Waals surface area contributed by atoms with E-state index >= 15 is 0 Å². The van der Waals surface area contributed by atoms with Gasteiger partial charge in [0.15, 0.2) is 0 Å². The number of amides is 1. The molecule has 4 rings (SSSR count). The van der Waals surface area contributed by atoms with Crippen LogP contribution in [0.5, 0.6) is 0 Å². The highest BCUT2D eigenvalue weighted by molar-refractivity contribution is 5.94. The Kier molecular flexibility index (Phi) is 5.38. The lowest BCUT2D eigenvalue weighted by Gasteiger charge is -2.39. The molecular weight excluding hydrogens is 381 g/mol. The minimum atomic E-state index is -4.43. The second kappa shape index (κ2) is 7.82. The molecule has 156 valence electrons. The molecule has 0 spiro atoms. The summed E-state index contributed by atoms with van der Waals surface area (Å²) in [5, 5.41) is 7.03. The van der Waals surface area contributed by atoms with E-state index in [-0.39, 0.29) is 23.5 Å². The van der Waals surface area contributed by atoms with E-state index in [0.717, 1.165) is 31.1 Å². The summed E-state index contributed by atoms with van der Waals surface area (Å²) in [6, 6.07) is 6.47. The number of rotatable bonds is 4. The number of piperidine rings is 1. The number of alkyl halides is 3. The van der Waals surface area contributed by atoms with E-state index in [4.69, 9.17) is 0 Å². The zero-order valence-electron chi connectivity index (χ0n) is 16.3. The number of carbonyl (C=O) groups is 1. The summed E-state index contributed by atoms with van der Waals surface area (Å²) in [7, 11) is 0. The Hall–Kier alpha value is -2.35. The Bertz CT molecular complexity index is 901. The smallest absolute Gasteiger partial charge is 0.369 e. The van der Waals surface area contributed by atoms with Crippen LogP contribution in [0.1, 0.15) is 31.7 Å². The average Bonchev–Trinajstić information content (AvgIpc) is 3.09. The SMILES string of the molecule is C[C@H]1C[C@@H](NCC2CCC(=O)N2)CN(c2ccc(C(F)(F)F)c3ncccc23)C1. The highest BCUT2D eigenvalue weighted by Crippen LogP contribution is 2.38. The monoisotopic (exact) mass is 406 g/mol. The summed E-state index contributed by atoms with van der Waals surface area (Å²) >= 11 is 0. The lowest BCUT2D eigenvalue weighted by molar-refractivity contribution is -0.136. The van der Waals surface area contributed by atoms with E-state index < -0.39 is 11.7 Å². The summed E-state index contributed by atoms with van der Waals surface area (Å²) in [6.45, 7) is 4.36. The van der Waals surface area contributed by atoms with Crippen molar-refractivity contribution < 1.29 is 18.0 Å². The van der Waals surface area contributed by atoms with Crippen molar-refractivity contribution in [1.29, 1.82) is 0 Å². The topological polar surface area (TPSA) is 57.3 Å². The van der Waals surface area contributed by atoms with E-state index in [9.17, 15) is 18.0 Å². The van der Waals surface area contributed by atoms with Crippen molar-refractivity contribution in [3.05, 3.63) is 36.0 Å².